The summed E-state index contributed by atoms with van der Waals surface area (Å²) < 4.78 is 11.8. The van der Waals surface area contributed by atoms with Crippen molar-refractivity contribution < 1.29 is 14.1 Å². The first-order chi connectivity index (χ1) is 7.16. The first-order valence-electron chi connectivity index (χ1n) is 4.87. The van der Waals surface area contributed by atoms with Gasteiger partial charge in [-0.05, 0) is 18.6 Å². The quantitative estimate of drug-likeness (QED) is 0.838. The van der Waals surface area contributed by atoms with Crippen LogP contribution in [0.25, 0.3) is 0 Å². The van der Waals surface area contributed by atoms with Gasteiger partial charge in [0.15, 0.2) is 0 Å². The SMILES string of the molecule is CCCC[S@](=O)c1ccccc1C(=O)O. The van der Waals surface area contributed by atoms with Crippen molar-refractivity contribution in [2.45, 2.75) is 24.7 Å². The largest absolute Gasteiger partial charge is 0.478 e. The van der Waals surface area contributed by atoms with E-state index in [9.17, 15) is 9.00 Å². The molecule has 1 aromatic rings. The fourth-order valence-electron chi connectivity index (χ4n) is 1.23. The van der Waals surface area contributed by atoms with Gasteiger partial charge in [-0.3, -0.25) is 4.21 Å². The third-order valence-electron chi connectivity index (χ3n) is 2.05. The summed E-state index contributed by atoms with van der Waals surface area (Å²) in [5.74, 6) is -0.490. The first kappa shape index (κ1) is 11.9. The lowest BCUT2D eigenvalue weighted by Crippen LogP contribution is -2.06. The number of aromatic carboxylic acids is 1. The Morgan fingerprint density at radius 1 is 1.40 bits per heavy atom. The van der Waals surface area contributed by atoms with Gasteiger partial charge in [0.2, 0.25) is 0 Å². The summed E-state index contributed by atoms with van der Waals surface area (Å²) in [6.07, 6.45) is 1.81. The summed E-state index contributed by atoms with van der Waals surface area (Å²) in [7, 11) is -1.20. The number of benzene rings is 1. The molecule has 0 heterocycles. The van der Waals surface area contributed by atoms with E-state index in [0.29, 0.717) is 10.6 Å². The van der Waals surface area contributed by atoms with Gasteiger partial charge in [-0.2, -0.15) is 0 Å². The number of hydrogen-bond acceptors (Lipinski definition) is 2. The Kier molecular flexibility index (Phi) is 4.49. The molecule has 1 aromatic carbocycles. The molecule has 1 atom stereocenters. The molecule has 0 saturated carbocycles. The highest BCUT2D eigenvalue weighted by Gasteiger charge is 2.13. The zero-order valence-electron chi connectivity index (χ0n) is 8.60. The lowest BCUT2D eigenvalue weighted by molar-refractivity contribution is 0.0693. The third-order valence-corrected chi connectivity index (χ3v) is 3.55. The van der Waals surface area contributed by atoms with Crippen molar-refractivity contribution in [3.8, 4) is 0 Å². The highest BCUT2D eigenvalue weighted by Crippen LogP contribution is 2.14. The van der Waals surface area contributed by atoms with Gasteiger partial charge >= 0.3 is 5.97 Å². The number of carboxylic acid groups (broad SMARTS) is 1. The molecule has 0 fully saturated rings. The predicted octanol–water partition coefficient (Wildman–Crippen LogP) is 2.29. The van der Waals surface area contributed by atoms with E-state index in [4.69, 9.17) is 5.11 Å². The van der Waals surface area contributed by atoms with Crippen LogP contribution >= 0.6 is 0 Å². The summed E-state index contributed by atoms with van der Waals surface area (Å²) in [5.41, 5.74) is 0.145. The number of carbonyl (C=O) groups is 1. The molecule has 82 valence electrons. The normalized spacial score (nSPS) is 12.3. The molecule has 1 rings (SSSR count). The second-order valence-corrected chi connectivity index (χ2v) is 4.74. The zero-order valence-corrected chi connectivity index (χ0v) is 9.42. The molecule has 0 amide bonds. The monoisotopic (exact) mass is 226 g/mol. The Morgan fingerprint density at radius 3 is 2.67 bits per heavy atom. The summed E-state index contributed by atoms with van der Waals surface area (Å²) in [4.78, 5) is 11.3. The average molecular weight is 226 g/mol. The standard InChI is InChI=1S/C11H14O3S/c1-2-3-8-15(14)10-7-5-4-6-9(10)11(12)13/h4-7H,2-3,8H2,1H3,(H,12,13)/t15-/m0/s1. The van der Waals surface area contributed by atoms with Crippen molar-refractivity contribution in [1.29, 1.82) is 0 Å². The van der Waals surface area contributed by atoms with Crippen LogP contribution in [-0.2, 0) is 10.8 Å². The summed E-state index contributed by atoms with van der Waals surface area (Å²) >= 11 is 0. The number of unbranched alkanes of at least 4 members (excludes halogenated alkanes) is 1. The molecule has 4 heteroatoms. The first-order valence-corrected chi connectivity index (χ1v) is 6.19. The van der Waals surface area contributed by atoms with E-state index in [1.165, 1.54) is 6.07 Å². The predicted molar refractivity (Wildman–Crippen MR) is 59.6 cm³/mol. The van der Waals surface area contributed by atoms with Gasteiger partial charge in [0.05, 0.1) is 21.3 Å². The van der Waals surface area contributed by atoms with Crippen molar-refractivity contribution in [2.24, 2.45) is 0 Å². The van der Waals surface area contributed by atoms with Gasteiger partial charge in [-0.1, -0.05) is 25.5 Å². The van der Waals surface area contributed by atoms with Crippen molar-refractivity contribution in [3.05, 3.63) is 29.8 Å². The Morgan fingerprint density at radius 2 is 2.07 bits per heavy atom. The van der Waals surface area contributed by atoms with Crippen LogP contribution in [0.15, 0.2) is 29.2 Å². The van der Waals surface area contributed by atoms with E-state index in [-0.39, 0.29) is 5.56 Å². The van der Waals surface area contributed by atoms with Crippen LogP contribution in [0.2, 0.25) is 0 Å². The fraction of sp³-hybridized carbons (Fsp3) is 0.364. The summed E-state index contributed by atoms with van der Waals surface area (Å²) in [6, 6.07) is 6.46. The maximum atomic E-state index is 11.8. The summed E-state index contributed by atoms with van der Waals surface area (Å²) in [6.45, 7) is 2.01. The Bertz CT molecular complexity index is 374. The molecule has 0 aliphatic rings. The Hall–Kier alpha value is -1.16. The van der Waals surface area contributed by atoms with Crippen molar-refractivity contribution in [2.75, 3.05) is 5.75 Å². The Labute approximate surface area is 91.6 Å². The van der Waals surface area contributed by atoms with Gasteiger partial charge in [0.1, 0.15) is 0 Å². The van der Waals surface area contributed by atoms with Gasteiger partial charge < -0.3 is 5.11 Å². The molecule has 0 saturated heterocycles. The maximum Gasteiger partial charge on any atom is 0.336 e. The lowest BCUT2D eigenvalue weighted by atomic mass is 10.2. The molecule has 0 unspecified atom stereocenters. The molecule has 3 nitrogen and oxygen atoms in total. The molecule has 1 N–H and O–H groups in total. The molecular weight excluding hydrogens is 212 g/mol. The molecule has 0 spiro atoms. The topological polar surface area (TPSA) is 54.4 Å². The van der Waals surface area contributed by atoms with Crippen molar-refractivity contribution in [1.82, 2.24) is 0 Å². The molecule has 0 aliphatic carbocycles. The van der Waals surface area contributed by atoms with E-state index in [0.717, 1.165) is 12.8 Å². The lowest BCUT2D eigenvalue weighted by Gasteiger charge is -2.04. The van der Waals surface area contributed by atoms with Crippen molar-refractivity contribution >= 4 is 16.8 Å². The second-order valence-electron chi connectivity index (χ2n) is 3.20. The second kappa shape index (κ2) is 5.66. The highest BCUT2D eigenvalue weighted by molar-refractivity contribution is 7.85. The van der Waals surface area contributed by atoms with Crippen LogP contribution in [0.1, 0.15) is 30.1 Å². The molecule has 0 aliphatic heterocycles. The smallest absolute Gasteiger partial charge is 0.336 e. The van der Waals surface area contributed by atoms with E-state index in [1.54, 1.807) is 18.2 Å². The van der Waals surface area contributed by atoms with E-state index in [2.05, 4.69) is 0 Å². The molecule has 15 heavy (non-hydrogen) atoms. The van der Waals surface area contributed by atoms with Crippen molar-refractivity contribution in [3.63, 3.8) is 0 Å². The maximum absolute atomic E-state index is 11.8. The fourth-order valence-corrected chi connectivity index (χ4v) is 2.63. The minimum absolute atomic E-state index is 0.145. The molecule has 0 aromatic heterocycles. The van der Waals surface area contributed by atoms with Gasteiger partial charge in [-0.25, -0.2) is 4.79 Å². The number of carboxylic acids is 1. The average Bonchev–Trinajstić information content (AvgIpc) is 2.25. The van der Waals surface area contributed by atoms with Gasteiger partial charge in [-0.15, -0.1) is 0 Å². The van der Waals surface area contributed by atoms with Crippen LogP contribution < -0.4 is 0 Å². The van der Waals surface area contributed by atoms with Crippen LogP contribution in [0.4, 0.5) is 0 Å². The number of hydrogen-bond donors (Lipinski definition) is 1. The molecule has 0 bridgehead atoms. The zero-order chi connectivity index (χ0) is 11.3. The van der Waals surface area contributed by atoms with Gasteiger partial charge in [0, 0.05) is 5.75 Å². The molecular formula is C11H14O3S. The van der Waals surface area contributed by atoms with E-state index in [1.807, 2.05) is 6.92 Å². The van der Waals surface area contributed by atoms with Crippen LogP contribution in [0.5, 0.6) is 0 Å². The van der Waals surface area contributed by atoms with E-state index >= 15 is 0 Å². The van der Waals surface area contributed by atoms with Crippen LogP contribution in [0.3, 0.4) is 0 Å². The minimum atomic E-state index is -1.20. The summed E-state index contributed by atoms with van der Waals surface area (Å²) in [5, 5.41) is 8.91. The minimum Gasteiger partial charge on any atom is -0.478 e. The third kappa shape index (κ3) is 3.16. The van der Waals surface area contributed by atoms with E-state index < -0.39 is 16.8 Å². The number of rotatable bonds is 5. The van der Waals surface area contributed by atoms with Crippen LogP contribution in [-0.4, -0.2) is 21.0 Å². The van der Waals surface area contributed by atoms with Gasteiger partial charge in [0.25, 0.3) is 0 Å². The highest BCUT2D eigenvalue weighted by atomic mass is 32.2. The molecule has 0 radical (unpaired) electrons. The Balaban J connectivity index is 2.92. The van der Waals surface area contributed by atoms with Crippen LogP contribution in [0, 0.1) is 0 Å².